The lowest BCUT2D eigenvalue weighted by atomic mass is 10.2. The standard InChI is InChI=1S/C18H17NO6S2/c1-11(26)16(21)19(17(22)14-8-5-9-27-14)10-15(20)25-13-7-4-3-6-12(13)18(23)24-2/h3-9,11,26H,10H2,1-2H3. The second kappa shape index (κ2) is 9.33. The molecule has 2 aromatic rings. The maximum atomic E-state index is 12.6. The molecular formula is C18H17NO6S2. The van der Waals surface area contributed by atoms with Crippen LogP contribution < -0.4 is 4.74 Å². The second-order valence-corrected chi connectivity index (χ2v) is 7.07. The SMILES string of the molecule is COC(=O)c1ccccc1OC(=O)CN(C(=O)c1cccs1)C(=O)C(C)S. The van der Waals surface area contributed by atoms with Crippen molar-refractivity contribution in [2.24, 2.45) is 0 Å². The number of benzene rings is 1. The number of imide groups is 1. The summed E-state index contributed by atoms with van der Waals surface area (Å²) in [5.74, 6) is -2.82. The van der Waals surface area contributed by atoms with Gasteiger partial charge in [0.05, 0.1) is 17.2 Å². The van der Waals surface area contributed by atoms with Gasteiger partial charge in [-0.05, 0) is 30.5 Å². The van der Waals surface area contributed by atoms with Crippen molar-refractivity contribution in [3.05, 3.63) is 52.2 Å². The van der Waals surface area contributed by atoms with Gasteiger partial charge in [0.2, 0.25) is 5.91 Å². The quantitative estimate of drug-likeness (QED) is 0.449. The van der Waals surface area contributed by atoms with Gasteiger partial charge in [-0.1, -0.05) is 18.2 Å². The van der Waals surface area contributed by atoms with Gasteiger partial charge in [-0.25, -0.2) is 9.59 Å². The van der Waals surface area contributed by atoms with Crippen molar-refractivity contribution in [2.75, 3.05) is 13.7 Å². The van der Waals surface area contributed by atoms with E-state index in [9.17, 15) is 19.2 Å². The van der Waals surface area contributed by atoms with E-state index in [0.29, 0.717) is 4.88 Å². The Labute approximate surface area is 165 Å². The molecule has 1 heterocycles. The molecule has 1 atom stereocenters. The lowest BCUT2D eigenvalue weighted by molar-refractivity contribution is -0.140. The van der Waals surface area contributed by atoms with Crippen LogP contribution in [-0.4, -0.2) is 47.6 Å². The fourth-order valence-corrected chi connectivity index (χ4v) is 2.94. The Balaban J connectivity index is 2.21. The summed E-state index contributed by atoms with van der Waals surface area (Å²) in [4.78, 5) is 50.1. The van der Waals surface area contributed by atoms with Crippen LogP contribution in [0.15, 0.2) is 41.8 Å². The number of rotatable bonds is 6. The molecule has 0 bridgehead atoms. The average molecular weight is 407 g/mol. The number of carbonyl (C=O) groups is 4. The number of amides is 2. The lowest BCUT2D eigenvalue weighted by Gasteiger charge is -2.21. The summed E-state index contributed by atoms with van der Waals surface area (Å²) in [6.45, 7) is 0.883. The summed E-state index contributed by atoms with van der Waals surface area (Å²) in [5.41, 5.74) is 0.0540. The van der Waals surface area contributed by atoms with Gasteiger partial charge in [-0.3, -0.25) is 14.5 Å². The Kier molecular flexibility index (Phi) is 7.14. The molecule has 0 saturated carbocycles. The third-order valence-corrected chi connectivity index (χ3v) is 4.48. The van der Waals surface area contributed by atoms with E-state index in [1.807, 2.05) is 0 Å². The third-order valence-electron chi connectivity index (χ3n) is 3.40. The van der Waals surface area contributed by atoms with Crippen molar-refractivity contribution in [1.29, 1.82) is 0 Å². The molecule has 0 radical (unpaired) electrons. The first-order chi connectivity index (χ1) is 12.8. The van der Waals surface area contributed by atoms with Crippen molar-refractivity contribution in [3.8, 4) is 5.75 Å². The van der Waals surface area contributed by atoms with Gasteiger partial charge in [-0.2, -0.15) is 12.6 Å². The number of thiophene rings is 1. The number of hydrogen-bond acceptors (Lipinski definition) is 8. The molecule has 0 spiro atoms. The van der Waals surface area contributed by atoms with E-state index in [1.54, 1.807) is 29.6 Å². The lowest BCUT2D eigenvalue weighted by Crippen LogP contribution is -2.44. The van der Waals surface area contributed by atoms with Crippen LogP contribution in [0.2, 0.25) is 0 Å². The first-order valence-electron chi connectivity index (χ1n) is 7.80. The molecule has 9 heteroatoms. The Morgan fingerprint density at radius 3 is 2.44 bits per heavy atom. The Bertz CT molecular complexity index is 847. The fourth-order valence-electron chi connectivity index (χ4n) is 2.13. The van der Waals surface area contributed by atoms with Gasteiger partial charge in [-0.15, -0.1) is 11.3 Å². The van der Waals surface area contributed by atoms with E-state index in [1.165, 1.54) is 26.2 Å². The van der Waals surface area contributed by atoms with Crippen LogP contribution in [0.5, 0.6) is 5.75 Å². The first-order valence-corrected chi connectivity index (χ1v) is 9.20. The van der Waals surface area contributed by atoms with Crippen LogP contribution >= 0.6 is 24.0 Å². The number of methoxy groups -OCH3 is 1. The molecule has 1 aromatic carbocycles. The van der Waals surface area contributed by atoms with E-state index in [2.05, 4.69) is 17.4 Å². The zero-order valence-corrected chi connectivity index (χ0v) is 16.3. The highest BCUT2D eigenvalue weighted by Gasteiger charge is 2.29. The predicted molar refractivity (Wildman–Crippen MR) is 102 cm³/mol. The van der Waals surface area contributed by atoms with Gasteiger partial charge in [0.1, 0.15) is 17.9 Å². The summed E-state index contributed by atoms with van der Waals surface area (Å²) in [7, 11) is 1.20. The number of esters is 2. The number of para-hydroxylation sites is 1. The number of hydrogen-bond donors (Lipinski definition) is 1. The van der Waals surface area contributed by atoms with Crippen LogP contribution in [0.3, 0.4) is 0 Å². The predicted octanol–water partition coefficient (Wildman–Crippen LogP) is 2.43. The highest BCUT2D eigenvalue weighted by atomic mass is 32.1. The maximum Gasteiger partial charge on any atom is 0.341 e. The Morgan fingerprint density at radius 2 is 1.85 bits per heavy atom. The van der Waals surface area contributed by atoms with Crippen molar-refractivity contribution in [3.63, 3.8) is 0 Å². The van der Waals surface area contributed by atoms with Crippen molar-refractivity contribution in [2.45, 2.75) is 12.2 Å². The third kappa shape index (κ3) is 5.18. The number of carbonyl (C=O) groups excluding carboxylic acids is 4. The fraction of sp³-hybridized carbons (Fsp3) is 0.222. The van der Waals surface area contributed by atoms with Gasteiger partial charge >= 0.3 is 11.9 Å². The van der Waals surface area contributed by atoms with Crippen molar-refractivity contribution < 1.29 is 28.7 Å². The molecule has 142 valence electrons. The highest BCUT2D eigenvalue weighted by molar-refractivity contribution is 7.81. The normalized spacial score (nSPS) is 11.4. The van der Waals surface area contributed by atoms with Crippen LogP contribution in [0, 0.1) is 0 Å². The monoisotopic (exact) mass is 407 g/mol. The minimum absolute atomic E-state index is 0.0238. The Morgan fingerprint density at radius 1 is 1.15 bits per heavy atom. The number of thiol groups is 1. The van der Waals surface area contributed by atoms with E-state index in [0.717, 1.165) is 16.2 Å². The molecule has 0 fully saturated rings. The van der Waals surface area contributed by atoms with Crippen molar-refractivity contribution in [1.82, 2.24) is 4.90 Å². The van der Waals surface area contributed by atoms with E-state index < -0.39 is 35.5 Å². The molecule has 27 heavy (non-hydrogen) atoms. The second-order valence-electron chi connectivity index (χ2n) is 5.34. The summed E-state index contributed by atoms with van der Waals surface area (Å²) < 4.78 is 9.83. The van der Waals surface area contributed by atoms with E-state index >= 15 is 0 Å². The number of ether oxygens (including phenoxy) is 2. The van der Waals surface area contributed by atoms with Gasteiger partial charge in [0.25, 0.3) is 5.91 Å². The molecule has 7 nitrogen and oxygen atoms in total. The maximum absolute atomic E-state index is 12.6. The van der Waals surface area contributed by atoms with Crippen LogP contribution in [0.4, 0.5) is 0 Å². The first kappa shape index (κ1) is 20.7. The largest absolute Gasteiger partial charge is 0.465 e. The highest BCUT2D eigenvalue weighted by Crippen LogP contribution is 2.20. The molecule has 1 aromatic heterocycles. The summed E-state index contributed by atoms with van der Waals surface area (Å²) in [6.07, 6.45) is 0. The molecule has 0 saturated heterocycles. The molecule has 0 aliphatic rings. The van der Waals surface area contributed by atoms with E-state index in [-0.39, 0.29) is 11.3 Å². The minimum atomic E-state index is -0.876. The van der Waals surface area contributed by atoms with Crippen LogP contribution in [-0.2, 0) is 14.3 Å². The summed E-state index contributed by atoms with van der Waals surface area (Å²) in [6, 6.07) is 9.22. The molecule has 0 aliphatic heterocycles. The minimum Gasteiger partial charge on any atom is -0.465 e. The molecule has 0 aliphatic carbocycles. The van der Waals surface area contributed by atoms with Crippen molar-refractivity contribution >= 4 is 47.7 Å². The molecule has 2 rings (SSSR count). The average Bonchev–Trinajstić information content (AvgIpc) is 3.19. The van der Waals surface area contributed by atoms with Gasteiger partial charge < -0.3 is 9.47 Å². The molecule has 0 N–H and O–H groups in total. The van der Waals surface area contributed by atoms with Crippen LogP contribution in [0.1, 0.15) is 27.0 Å². The van der Waals surface area contributed by atoms with Gasteiger partial charge in [0.15, 0.2) is 0 Å². The van der Waals surface area contributed by atoms with Gasteiger partial charge in [0, 0.05) is 0 Å². The van der Waals surface area contributed by atoms with E-state index in [4.69, 9.17) is 4.74 Å². The topological polar surface area (TPSA) is 90.0 Å². The smallest absolute Gasteiger partial charge is 0.341 e. The Hall–Kier alpha value is -2.65. The van der Waals surface area contributed by atoms with Crippen LogP contribution in [0.25, 0.3) is 0 Å². The molecular weight excluding hydrogens is 390 g/mol. The molecule has 1 unspecified atom stereocenters. The summed E-state index contributed by atoms with van der Waals surface area (Å²) in [5, 5.41) is 0.898. The number of nitrogens with zero attached hydrogens (tertiary/aromatic N) is 1. The zero-order valence-electron chi connectivity index (χ0n) is 14.6. The summed E-state index contributed by atoms with van der Waals surface area (Å²) >= 11 is 5.20. The molecule has 2 amide bonds. The zero-order chi connectivity index (χ0) is 20.0.